The smallest absolute Gasteiger partial charge is 0.253 e. The van der Waals surface area contributed by atoms with Crippen LogP contribution in [-0.4, -0.2) is 43.1 Å². The summed E-state index contributed by atoms with van der Waals surface area (Å²) in [5.41, 5.74) is 8.25. The lowest BCUT2D eigenvalue weighted by Gasteiger charge is -2.19. The molecule has 0 radical (unpaired) electrons. The standard InChI is InChI=1S/C23H26N6O3S/c1-3-28-21(11-10-20(24)30)25-26-23(28)33-14-22(31)29-18(19-5-4-12-32-19)13-17(27-29)16-8-6-15(2)7-9-16/h4-9,12,18H,3,10-11,13-14H2,1-2H3,(H2,24,30)/t18-/m1/s1. The molecule has 2 aromatic heterocycles. The summed E-state index contributed by atoms with van der Waals surface area (Å²) < 4.78 is 7.51. The first-order chi connectivity index (χ1) is 16.0. The fourth-order valence-corrected chi connectivity index (χ4v) is 4.59. The molecular formula is C23H26N6O3S. The van der Waals surface area contributed by atoms with Gasteiger partial charge in [0.25, 0.3) is 5.91 Å². The molecule has 2 N–H and O–H groups in total. The molecule has 1 aliphatic rings. The number of aromatic nitrogens is 3. The SMILES string of the molecule is CCn1c(CCC(N)=O)nnc1SCC(=O)N1N=C(c2ccc(C)cc2)C[C@@H]1c1ccco1. The van der Waals surface area contributed by atoms with E-state index in [-0.39, 0.29) is 30.0 Å². The fourth-order valence-electron chi connectivity index (χ4n) is 3.72. The summed E-state index contributed by atoms with van der Waals surface area (Å²) in [6, 6.07) is 11.5. The molecule has 10 heteroatoms. The fraction of sp³-hybridized carbons (Fsp3) is 0.348. The molecule has 0 saturated carbocycles. The number of hydrogen-bond donors (Lipinski definition) is 1. The van der Waals surface area contributed by atoms with E-state index in [1.807, 2.05) is 54.8 Å². The highest BCUT2D eigenvalue weighted by Gasteiger charge is 2.35. The number of furan rings is 1. The molecule has 1 aromatic carbocycles. The third-order valence-electron chi connectivity index (χ3n) is 5.45. The zero-order chi connectivity index (χ0) is 23.4. The van der Waals surface area contributed by atoms with Crippen molar-refractivity contribution >= 4 is 29.3 Å². The summed E-state index contributed by atoms with van der Waals surface area (Å²) in [5, 5.41) is 15.2. The summed E-state index contributed by atoms with van der Waals surface area (Å²) in [4.78, 5) is 24.3. The Morgan fingerprint density at radius 2 is 2.00 bits per heavy atom. The number of primary amides is 1. The molecule has 0 saturated heterocycles. The first kappa shape index (κ1) is 22.8. The molecule has 4 rings (SSSR count). The zero-order valence-electron chi connectivity index (χ0n) is 18.6. The number of benzene rings is 1. The minimum absolute atomic E-state index is 0.146. The average molecular weight is 467 g/mol. The number of carbonyl (C=O) groups is 2. The van der Waals surface area contributed by atoms with Gasteiger partial charge in [-0.05, 0) is 31.5 Å². The average Bonchev–Trinajstić information content (AvgIpc) is 3.55. The van der Waals surface area contributed by atoms with Crippen molar-refractivity contribution in [2.75, 3.05) is 5.75 Å². The molecule has 0 fully saturated rings. The van der Waals surface area contributed by atoms with Gasteiger partial charge in [-0.1, -0.05) is 41.6 Å². The van der Waals surface area contributed by atoms with E-state index in [0.29, 0.717) is 36.1 Å². The van der Waals surface area contributed by atoms with Crippen LogP contribution in [0.25, 0.3) is 0 Å². The van der Waals surface area contributed by atoms with E-state index < -0.39 is 0 Å². The van der Waals surface area contributed by atoms with E-state index >= 15 is 0 Å². The number of amides is 2. The van der Waals surface area contributed by atoms with Gasteiger partial charge in [0.2, 0.25) is 5.91 Å². The lowest BCUT2D eigenvalue weighted by atomic mass is 10.0. The molecule has 33 heavy (non-hydrogen) atoms. The van der Waals surface area contributed by atoms with Gasteiger partial charge in [-0.3, -0.25) is 9.59 Å². The third kappa shape index (κ3) is 5.16. The summed E-state index contributed by atoms with van der Waals surface area (Å²) >= 11 is 1.30. The van der Waals surface area contributed by atoms with Crippen LogP contribution in [0.3, 0.4) is 0 Å². The Bertz CT molecular complexity index is 1150. The second-order valence-electron chi connectivity index (χ2n) is 7.78. The molecule has 0 bridgehead atoms. The van der Waals surface area contributed by atoms with Crippen molar-refractivity contribution in [1.29, 1.82) is 0 Å². The highest BCUT2D eigenvalue weighted by atomic mass is 32.2. The van der Waals surface area contributed by atoms with E-state index in [1.54, 1.807) is 6.26 Å². The molecule has 2 amide bonds. The number of hydrazone groups is 1. The van der Waals surface area contributed by atoms with Crippen LogP contribution in [0, 0.1) is 6.92 Å². The van der Waals surface area contributed by atoms with Gasteiger partial charge < -0.3 is 14.7 Å². The van der Waals surface area contributed by atoms with Gasteiger partial charge in [-0.2, -0.15) is 5.10 Å². The normalized spacial score (nSPS) is 15.6. The molecule has 0 spiro atoms. The minimum atomic E-state index is -0.384. The summed E-state index contributed by atoms with van der Waals surface area (Å²) in [7, 11) is 0. The largest absolute Gasteiger partial charge is 0.467 e. The van der Waals surface area contributed by atoms with Crippen molar-refractivity contribution in [3.63, 3.8) is 0 Å². The van der Waals surface area contributed by atoms with E-state index in [0.717, 1.165) is 11.3 Å². The van der Waals surface area contributed by atoms with E-state index in [4.69, 9.17) is 10.2 Å². The second-order valence-corrected chi connectivity index (χ2v) is 8.73. The topological polar surface area (TPSA) is 120 Å². The molecule has 0 aliphatic carbocycles. The highest BCUT2D eigenvalue weighted by molar-refractivity contribution is 7.99. The van der Waals surface area contributed by atoms with Gasteiger partial charge in [0.15, 0.2) is 5.16 Å². The molecule has 9 nitrogen and oxygen atoms in total. The van der Waals surface area contributed by atoms with Crippen LogP contribution in [0.15, 0.2) is 57.3 Å². The Morgan fingerprint density at radius 3 is 2.67 bits per heavy atom. The lowest BCUT2D eigenvalue weighted by molar-refractivity contribution is -0.130. The number of aryl methyl sites for hydroxylation is 2. The first-order valence-electron chi connectivity index (χ1n) is 10.8. The maximum absolute atomic E-state index is 13.2. The van der Waals surface area contributed by atoms with E-state index in [9.17, 15) is 9.59 Å². The zero-order valence-corrected chi connectivity index (χ0v) is 19.4. The maximum atomic E-state index is 13.2. The quantitative estimate of drug-likeness (QED) is 0.484. The van der Waals surface area contributed by atoms with Gasteiger partial charge in [0, 0.05) is 25.8 Å². The van der Waals surface area contributed by atoms with Gasteiger partial charge >= 0.3 is 0 Å². The molecule has 0 unspecified atom stereocenters. The second kappa shape index (κ2) is 10.0. The van der Waals surface area contributed by atoms with Crippen LogP contribution in [0.2, 0.25) is 0 Å². The Hall–Kier alpha value is -3.40. The predicted octanol–water partition coefficient (Wildman–Crippen LogP) is 3.09. The van der Waals surface area contributed by atoms with Crippen LogP contribution in [-0.2, 0) is 22.6 Å². The van der Waals surface area contributed by atoms with Crippen molar-refractivity contribution in [3.8, 4) is 0 Å². The summed E-state index contributed by atoms with van der Waals surface area (Å²) in [6.07, 6.45) is 2.81. The summed E-state index contributed by atoms with van der Waals surface area (Å²) in [5.74, 6) is 0.999. The van der Waals surface area contributed by atoms with Crippen molar-refractivity contribution in [2.45, 2.75) is 50.9 Å². The van der Waals surface area contributed by atoms with E-state index in [2.05, 4.69) is 15.3 Å². The Labute approximate surface area is 196 Å². The molecule has 1 atom stereocenters. The Kier molecular flexibility index (Phi) is 6.93. The van der Waals surface area contributed by atoms with Crippen molar-refractivity contribution < 1.29 is 14.0 Å². The van der Waals surface area contributed by atoms with Gasteiger partial charge in [0.05, 0.1) is 17.7 Å². The third-order valence-corrected chi connectivity index (χ3v) is 6.40. The maximum Gasteiger partial charge on any atom is 0.253 e. The van der Waals surface area contributed by atoms with Gasteiger partial charge in [-0.25, -0.2) is 5.01 Å². The van der Waals surface area contributed by atoms with Crippen LogP contribution < -0.4 is 5.73 Å². The monoisotopic (exact) mass is 466 g/mol. The highest BCUT2D eigenvalue weighted by Crippen LogP contribution is 2.34. The summed E-state index contributed by atoms with van der Waals surface area (Å²) in [6.45, 7) is 4.63. The van der Waals surface area contributed by atoms with Gasteiger partial charge in [-0.15, -0.1) is 10.2 Å². The molecule has 172 valence electrons. The van der Waals surface area contributed by atoms with Crippen LogP contribution in [0.4, 0.5) is 0 Å². The Morgan fingerprint density at radius 1 is 1.21 bits per heavy atom. The number of rotatable bonds is 9. The number of nitrogens with two attached hydrogens (primary N) is 1. The van der Waals surface area contributed by atoms with Crippen molar-refractivity contribution in [1.82, 2.24) is 19.8 Å². The van der Waals surface area contributed by atoms with Gasteiger partial charge in [0.1, 0.15) is 17.6 Å². The van der Waals surface area contributed by atoms with Crippen LogP contribution >= 0.6 is 11.8 Å². The number of hydrogen-bond acceptors (Lipinski definition) is 7. The predicted molar refractivity (Wildman–Crippen MR) is 125 cm³/mol. The van der Waals surface area contributed by atoms with E-state index in [1.165, 1.54) is 22.3 Å². The number of thioether (sulfide) groups is 1. The molecule has 3 aromatic rings. The Balaban J connectivity index is 1.50. The van der Waals surface area contributed by atoms with Crippen LogP contribution in [0.5, 0.6) is 0 Å². The molecule has 1 aliphatic heterocycles. The minimum Gasteiger partial charge on any atom is -0.467 e. The molecular weight excluding hydrogens is 440 g/mol. The lowest BCUT2D eigenvalue weighted by Crippen LogP contribution is -2.28. The number of nitrogens with zero attached hydrogens (tertiary/aromatic N) is 5. The first-order valence-corrected chi connectivity index (χ1v) is 11.8. The molecule has 3 heterocycles. The van der Waals surface area contributed by atoms with Crippen molar-refractivity contribution in [2.24, 2.45) is 10.8 Å². The van der Waals surface area contributed by atoms with Crippen LogP contribution in [0.1, 0.15) is 48.5 Å². The number of carbonyl (C=O) groups excluding carboxylic acids is 2. The van der Waals surface area contributed by atoms with Crippen molar-refractivity contribution in [3.05, 3.63) is 65.4 Å².